The first-order chi connectivity index (χ1) is 14.0. The lowest BCUT2D eigenvalue weighted by atomic mass is 10.1. The van der Waals surface area contributed by atoms with E-state index in [-0.39, 0.29) is 11.6 Å². The molecule has 0 aliphatic rings. The number of rotatable bonds is 7. The lowest BCUT2D eigenvalue weighted by Crippen LogP contribution is -2.27. The summed E-state index contributed by atoms with van der Waals surface area (Å²) in [7, 11) is 1.54. The van der Waals surface area contributed by atoms with Gasteiger partial charge in [-0.2, -0.15) is 0 Å². The van der Waals surface area contributed by atoms with Gasteiger partial charge in [-0.05, 0) is 36.2 Å². The molecule has 1 atom stereocenters. The molecule has 0 saturated heterocycles. The molecule has 0 fully saturated rings. The van der Waals surface area contributed by atoms with E-state index >= 15 is 0 Å². The summed E-state index contributed by atoms with van der Waals surface area (Å²) in [5.74, 6) is 0.234. The number of methoxy groups -OCH3 is 1. The van der Waals surface area contributed by atoms with Gasteiger partial charge in [-0.25, -0.2) is 0 Å². The van der Waals surface area contributed by atoms with Crippen LogP contribution in [0.2, 0.25) is 0 Å². The SMILES string of the molecule is COc1ccc(C)cc1NC(=O)[C@@H](Nc1cccc([N+](=O)[O-])c1)c1ccccc1. The molecule has 0 bridgehead atoms. The number of nitrogens with zero attached hydrogens (tertiary/aromatic N) is 1. The monoisotopic (exact) mass is 391 g/mol. The van der Waals surface area contributed by atoms with E-state index in [0.29, 0.717) is 17.1 Å². The fraction of sp³-hybridized carbons (Fsp3) is 0.136. The molecule has 7 nitrogen and oxygen atoms in total. The van der Waals surface area contributed by atoms with Crippen molar-refractivity contribution >= 4 is 23.0 Å². The summed E-state index contributed by atoms with van der Waals surface area (Å²) in [5.41, 5.74) is 2.67. The van der Waals surface area contributed by atoms with Crippen molar-refractivity contribution in [2.75, 3.05) is 17.7 Å². The zero-order valence-electron chi connectivity index (χ0n) is 16.1. The molecule has 0 saturated carbocycles. The second-order valence-corrected chi connectivity index (χ2v) is 6.49. The molecule has 7 heteroatoms. The quantitative estimate of drug-likeness (QED) is 0.450. The number of ether oxygens (including phenoxy) is 1. The van der Waals surface area contributed by atoms with Gasteiger partial charge in [-0.15, -0.1) is 0 Å². The summed E-state index contributed by atoms with van der Waals surface area (Å²) in [6, 6.07) is 20.0. The van der Waals surface area contributed by atoms with Crippen molar-refractivity contribution in [3.05, 3.63) is 94.0 Å². The maximum Gasteiger partial charge on any atom is 0.271 e. The van der Waals surface area contributed by atoms with Gasteiger partial charge in [0.15, 0.2) is 0 Å². The van der Waals surface area contributed by atoms with Crippen LogP contribution in [0.25, 0.3) is 0 Å². The molecular weight excluding hydrogens is 370 g/mol. The molecule has 148 valence electrons. The molecule has 0 aromatic heterocycles. The van der Waals surface area contributed by atoms with Crippen molar-refractivity contribution in [2.24, 2.45) is 0 Å². The van der Waals surface area contributed by atoms with Crippen LogP contribution in [-0.2, 0) is 4.79 Å². The average Bonchev–Trinajstić information content (AvgIpc) is 2.73. The van der Waals surface area contributed by atoms with Gasteiger partial charge in [0, 0.05) is 17.8 Å². The summed E-state index contributed by atoms with van der Waals surface area (Å²) >= 11 is 0. The van der Waals surface area contributed by atoms with Gasteiger partial charge < -0.3 is 15.4 Å². The number of carbonyl (C=O) groups excluding carboxylic acids is 1. The highest BCUT2D eigenvalue weighted by Gasteiger charge is 2.22. The van der Waals surface area contributed by atoms with E-state index in [1.165, 1.54) is 19.2 Å². The number of anilines is 2. The Morgan fingerprint density at radius 1 is 1.03 bits per heavy atom. The van der Waals surface area contributed by atoms with Crippen LogP contribution in [0.1, 0.15) is 17.2 Å². The number of nitro benzene ring substituents is 1. The Bertz CT molecular complexity index is 1020. The van der Waals surface area contributed by atoms with Crippen molar-refractivity contribution in [3.63, 3.8) is 0 Å². The third kappa shape index (κ3) is 4.90. The van der Waals surface area contributed by atoms with E-state index in [0.717, 1.165) is 11.1 Å². The van der Waals surface area contributed by atoms with Crippen molar-refractivity contribution < 1.29 is 14.5 Å². The molecular formula is C22H21N3O4. The minimum absolute atomic E-state index is 0.0532. The van der Waals surface area contributed by atoms with E-state index in [2.05, 4.69) is 10.6 Å². The third-order valence-electron chi connectivity index (χ3n) is 4.38. The highest BCUT2D eigenvalue weighted by Crippen LogP contribution is 2.28. The molecule has 0 aliphatic carbocycles. The second kappa shape index (κ2) is 8.88. The van der Waals surface area contributed by atoms with Crippen LogP contribution in [-0.4, -0.2) is 17.9 Å². The summed E-state index contributed by atoms with van der Waals surface area (Å²) in [6.45, 7) is 1.92. The Labute approximate surface area is 168 Å². The normalized spacial score (nSPS) is 11.4. The molecule has 0 unspecified atom stereocenters. The van der Waals surface area contributed by atoms with Gasteiger partial charge >= 0.3 is 0 Å². The van der Waals surface area contributed by atoms with Crippen molar-refractivity contribution in [1.29, 1.82) is 0 Å². The lowest BCUT2D eigenvalue weighted by Gasteiger charge is -2.21. The molecule has 3 rings (SSSR count). The van der Waals surface area contributed by atoms with Crippen LogP contribution in [0.4, 0.5) is 17.1 Å². The highest BCUT2D eigenvalue weighted by atomic mass is 16.6. The predicted molar refractivity (Wildman–Crippen MR) is 112 cm³/mol. The predicted octanol–water partition coefficient (Wildman–Crippen LogP) is 4.70. The summed E-state index contributed by atoms with van der Waals surface area (Å²) in [4.78, 5) is 23.8. The average molecular weight is 391 g/mol. The van der Waals surface area contributed by atoms with Crippen LogP contribution >= 0.6 is 0 Å². The zero-order valence-corrected chi connectivity index (χ0v) is 16.1. The van der Waals surface area contributed by atoms with Crippen LogP contribution in [0.3, 0.4) is 0 Å². The smallest absolute Gasteiger partial charge is 0.271 e. The molecule has 3 aromatic carbocycles. The maximum atomic E-state index is 13.2. The van der Waals surface area contributed by atoms with Crippen molar-refractivity contribution in [3.8, 4) is 5.75 Å². The van der Waals surface area contributed by atoms with E-state index in [9.17, 15) is 14.9 Å². The molecule has 0 radical (unpaired) electrons. The second-order valence-electron chi connectivity index (χ2n) is 6.49. The number of hydrogen-bond acceptors (Lipinski definition) is 5. The highest BCUT2D eigenvalue weighted by molar-refractivity contribution is 5.98. The third-order valence-corrected chi connectivity index (χ3v) is 4.38. The van der Waals surface area contributed by atoms with Gasteiger partial charge in [0.1, 0.15) is 11.8 Å². The number of nitrogens with one attached hydrogen (secondary N) is 2. The number of aryl methyl sites for hydroxylation is 1. The summed E-state index contributed by atoms with van der Waals surface area (Å²) in [6.07, 6.45) is 0. The van der Waals surface area contributed by atoms with E-state index < -0.39 is 11.0 Å². The number of amides is 1. The lowest BCUT2D eigenvalue weighted by molar-refractivity contribution is -0.384. The first-order valence-electron chi connectivity index (χ1n) is 8.99. The Kier molecular flexibility index (Phi) is 6.09. The Hall–Kier alpha value is -3.87. The molecule has 2 N–H and O–H groups in total. The Balaban J connectivity index is 1.92. The molecule has 0 heterocycles. The van der Waals surface area contributed by atoms with Crippen LogP contribution in [0, 0.1) is 17.0 Å². The van der Waals surface area contributed by atoms with Crippen LogP contribution in [0.15, 0.2) is 72.8 Å². The fourth-order valence-corrected chi connectivity index (χ4v) is 2.95. The summed E-state index contributed by atoms with van der Waals surface area (Å²) in [5, 5.41) is 17.1. The number of nitro groups is 1. The Morgan fingerprint density at radius 3 is 2.48 bits per heavy atom. The topological polar surface area (TPSA) is 93.5 Å². The largest absolute Gasteiger partial charge is 0.495 e. The first kappa shape index (κ1) is 19.9. The first-order valence-corrected chi connectivity index (χ1v) is 8.99. The molecule has 3 aromatic rings. The van der Waals surface area contributed by atoms with Gasteiger partial charge in [0.2, 0.25) is 0 Å². The minimum Gasteiger partial charge on any atom is -0.495 e. The van der Waals surface area contributed by atoms with E-state index in [1.54, 1.807) is 18.2 Å². The fourth-order valence-electron chi connectivity index (χ4n) is 2.95. The van der Waals surface area contributed by atoms with Gasteiger partial charge in [-0.1, -0.05) is 42.5 Å². The van der Waals surface area contributed by atoms with Crippen LogP contribution in [0.5, 0.6) is 5.75 Å². The van der Waals surface area contributed by atoms with Gasteiger partial charge in [0.25, 0.3) is 11.6 Å². The molecule has 0 aliphatic heterocycles. The molecule has 0 spiro atoms. The van der Waals surface area contributed by atoms with E-state index in [1.807, 2.05) is 49.4 Å². The number of carbonyl (C=O) groups is 1. The van der Waals surface area contributed by atoms with E-state index in [4.69, 9.17) is 4.74 Å². The number of non-ortho nitro benzene ring substituents is 1. The number of hydrogen-bond donors (Lipinski definition) is 2. The zero-order chi connectivity index (χ0) is 20.8. The summed E-state index contributed by atoms with van der Waals surface area (Å²) < 4.78 is 5.34. The van der Waals surface area contributed by atoms with Crippen molar-refractivity contribution in [1.82, 2.24) is 0 Å². The number of benzene rings is 3. The standard InChI is InChI=1S/C22H21N3O4/c1-15-11-12-20(29-2)19(13-15)24-22(26)21(16-7-4-3-5-8-16)23-17-9-6-10-18(14-17)25(27)28/h3-14,21,23H,1-2H3,(H,24,26)/t21-/m0/s1. The minimum atomic E-state index is -0.761. The van der Waals surface area contributed by atoms with Gasteiger partial charge in [0.05, 0.1) is 17.7 Å². The van der Waals surface area contributed by atoms with Gasteiger partial charge in [-0.3, -0.25) is 14.9 Å². The maximum absolute atomic E-state index is 13.2. The molecule has 1 amide bonds. The van der Waals surface area contributed by atoms with Crippen LogP contribution < -0.4 is 15.4 Å². The molecule has 29 heavy (non-hydrogen) atoms. The Morgan fingerprint density at radius 2 is 1.79 bits per heavy atom. The van der Waals surface area contributed by atoms with Crippen molar-refractivity contribution in [2.45, 2.75) is 13.0 Å².